The van der Waals surface area contributed by atoms with Crippen molar-refractivity contribution in [1.82, 2.24) is 0 Å². The van der Waals surface area contributed by atoms with Gasteiger partial charge >= 0.3 is 0 Å². The molecule has 76 valence electrons. The quantitative estimate of drug-likeness (QED) is 0.665. The van der Waals surface area contributed by atoms with Gasteiger partial charge in [0.15, 0.2) is 0 Å². The molecule has 1 saturated carbocycles. The van der Waals surface area contributed by atoms with Gasteiger partial charge in [-0.15, -0.1) is 6.58 Å². The fourth-order valence-electron chi connectivity index (χ4n) is 2.39. The zero-order valence-corrected chi connectivity index (χ0v) is 8.87. The SMILES string of the molecule is C=CC(C)C1CC(CC)CCC1O. The molecule has 0 spiro atoms. The van der Waals surface area contributed by atoms with E-state index >= 15 is 0 Å². The Hall–Kier alpha value is -0.300. The van der Waals surface area contributed by atoms with Gasteiger partial charge < -0.3 is 5.11 Å². The van der Waals surface area contributed by atoms with Crippen LogP contribution in [0.1, 0.15) is 39.5 Å². The average molecular weight is 182 g/mol. The van der Waals surface area contributed by atoms with Crippen molar-refractivity contribution in [3.05, 3.63) is 12.7 Å². The van der Waals surface area contributed by atoms with Gasteiger partial charge in [-0.3, -0.25) is 0 Å². The maximum Gasteiger partial charge on any atom is 0.0574 e. The highest BCUT2D eigenvalue weighted by atomic mass is 16.3. The Morgan fingerprint density at radius 2 is 2.23 bits per heavy atom. The fourth-order valence-corrected chi connectivity index (χ4v) is 2.39. The van der Waals surface area contributed by atoms with E-state index < -0.39 is 0 Å². The van der Waals surface area contributed by atoms with Crippen LogP contribution in [-0.2, 0) is 0 Å². The molecular weight excluding hydrogens is 160 g/mol. The summed E-state index contributed by atoms with van der Waals surface area (Å²) >= 11 is 0. The van der Waals surface area contributed by atoms with Gasteiger partial charge in [-0.2, -0.15) is 0 Å². The summed E-state index contributed by atoms with van der Waals surface area (Å²) in [4.78, 5) is 0. The van der Waals surface area contributed by atoms with Crippen LogP contribution in [0.5, 0.6) is 0 Å². The Labute approximate surface area is 81.9 Å². The first kappa shape index (κ1) is 10.8. The minimum absolute atomic E-state index is 0.0872. The first-order valence-electron chi connectivity index (χ1n) is 5.49. The van der Waals surface area contributed by atoms with Crippen LogP contribution in [0.15, 0.2) is 12.7 Å². The first-order valence-corrected chi connectivity index (χ1v) is 5.49. The highest BCUT2D eigenvalue weighted by Gasteiger charge is 2.30. The van der Waals surface area contributed by atoms with E-state index in [1.54, 1.807) is 0 Å². The standard InChI is InChI=1S/C12H22O/c1-4-9(3)11-8-10(5-2)6-7-12(11)13/h4,9-13H,1,5-8H2,2-3H3. The molecule has 4 atom stereocenters. The normalized spacial score (nSPS) is 37.0. The van der Waals surface area contributed by atoms with E-state index in [9.17, 15) is 5.11 Å². The van der Waals surface area contributed by atoms with Crippen molar-refractivity contribution >= 4 is 0 Å². The summed E-state index contributed by atoms with van der Waals surface area (Å²) in [7, 11) is 0. The van der Waals surface area contributed by atoms with Crippen LogP contribution < -0.4 is 0 Å². The minimum atomic E-state index is -0.0872. The van der Waals surface area contributed by atoms with Crippen molar-refractivity contribution in [1.29, 1.82) is 0 Å². The molecule has 1 nitrogen and oxygen atoms in total. The number of hydrogen-bond acceptors (Lipinski definition) is 1. The van der Waals surface area contributed by atoms with Crippen LogP contribution in [0, 0.1) is 17.8 Å². The summed E-state index contributed by atoms with van der Waals surface area (Å²) in [5.74, 6) is 1.75. The Morgan fingerprint density at radius 3 is 2.77 bits per heavy atom. The number of allylic oxidation sites excluding steroid dienone is 1. The number of rotatable bonds is 3. The van der Waals surface area contributed by atoms with Crippen LogP contribution in [0.2, 0.25) is 0 Å². The third kappa shape index (κ3) is 2.57. The molecule has 1 heteroatoms. The van der Waals surface area contributed by atoms with Gasteiger partial charge in [-0.05, 0) is 37.0 Å². The smallest absolute Gasteiger partial charge is 0.0574 e. The van der Waals surface area contributed by atoms with Crippen molar-refractivity contribution in [3.63, 3.8) is 0 Å². The third-order valence-corrected chi connectivity index (χ3v) is 3.59. The second kappa shape index (κ2) is 4.80. The summed E-state index contributed by atoms with van der Waals surface area (Å²) in [6.45, 7) is 8.22. The molecule has 0 aromatic rings. The summed E-state index contributed by atoms with van der Waals surface area (Å²) in [5.41, 5.74) is 0. The lowest BCUT2D eigenvalue weighted by Crippen LogP contribution is -2.32. The lowest BCUT2D eigenvalue weighted by molar-refractivity contribution is 0.0300. The fraction of sp³-hybridized carbons (Fsp3) is 0.833. The van der Waals surface area contributed by atoms with E-state index in [1.807, 2.05) is 6.08 Å². The highest BCUT2D eigenvalue weighted by molar-refractivity contribution is 4.89. The zero-order valence-electron chi connectivity index (χ0n) is 8.87. The molecule has 1 aliphatic rings. The molecule has 1 aliphatic carbocycles. The van der Waals surface area contributed by atoms with Crippen molar-refractivity contribution in [2.45, 2.75) is 45.6 Å². The van der Waals surface area contributed by atoms with Gasteiger partial charge in [0.05, 0.1) is 6.10 Å². The number of hydrogen-bond donors (Lipinski definition) is 1. The van der Waals surface area contributed by atoms with Crippen LogP contribution in [0.25, 0.3) is 0 Å². The Morgan fingerprint density at radius 1 is 1.54 bits per heavy atom. The molecular formula is C12H22O. The second-order valence-corrected chi connectivity index (χ2v) is 4.41. The predicted molar refractivity (Wildman–Crippen MR) is 56.5 cm³/mol. The second-order valence-electron chi connectivity index (χ2n) is 4.41. The molecule has 4 unspecified atom stereocenters. The Bertz CT molecular complexity index is 165. The maximum absolute atomic E-state index is 9.84. The monoisotopic (exact) mass is 182 g/mol. The van der Waals surface area contributed by atoms with E-state index in [1.165, 1.54) is 19.3 Å². The number of aliphatic hydroxyl groups excluding tert-OH is 1. The molecule has 1 rings (SSSR count). The maximum atomic E-state index is 9.84. The summed E-state index contributed by atoms with van der Waals surface area (Å²) in [5, 5.41) is 9.84. The lowest BCUT2D eigenvalue weighted by atomic mass is 9.73. The van der Waals surface area contributed by atoms with E-state index in [0.717, 1.165) is 12.3 Å². The topological polar surface area (TPSA) is 20.2 Å². The molecule has 0 bridgehead atoms. The van der Waals surface area contributed by atoms with Gasteiger partial charge in [-0.1, -0.05) is 26.3 Å². The molecule has 1 N–H and O–H groups in total. The average Bonchev–Trinajstić information content (AvgIpc) is 2.17. The zero-order chi connectivity index (χ0) is 9.84. The van der Waals surface area contributed by atoms with Crippen LogP contribution in [-0.4, -0.2) is 11.2 Å². The van der Waals surface area contributed by atoms with Gasteiger partial charge in [0.1, 0.15) is 0 Å². The largest absolute Gasteiger partial charge is 0.393 e. The molecule has 0 heterocycles. The Balaban J connectivity index is 2.54. The molecule has 0 aliphatic heterocycles. The van der Waals surface area contributed by atoms with Crippen LogP contribution in [0.3, 0.4) is 0 Å². The Kier molecular flexibility index (Phi) is 3.98. The molecule has 0 saturated heterocycles. The molecule has 0 radical (unpaired) electrons. The van der Waals surface area contributed by atoms with Crippen molar-refractivity contribution in [2.24, 2.45) is 17.8 Å². The molecule has 1 fully saturated rings. The predicted octanol–water partition coefficient (Wildman–Crippen LogP) is 3.00. The van der Waals surface area contributed by atoms with E-state index in [-0.39, 0.29) is 6.10 Å². The van der Waals surface area contributed by atoms with E-state index in [0.29, 0.717) is 11.8 Å². The number of aliphatic hydroxyl groups is 1. The van der Waals surface area contributed by atoms with Crippen LogP contribution in [0.4, 0.5) is 0 Å². The third-order valence-electron chi connectivity index (χ3n) is 3.59. The molecule has 0 aromatic heterocycles. The highest BCUT2D eigenvalue weighted by Crippen LogP contribution is 2.35. The molecule has 0 aromatic carbocycles. The minimum Gasteiger partial charge on any atom is -0.393 e. The summed E-state index contributed by atoms with van der Waals surface area (Å²) < 4.78 is 0. The van der Waals surface area contributed by atoms with Gasteiger partial charge in [0, 0.05) is 0 Å². The van der Waals surface area contributed by atoms with Crippen molar-refractivity contribution in [2.75, 3.05) is 0 Å². The lowest BCUT2D eigenvalue weighted by Gasteiger charge is -2.35. The van der Waals surface area contributed by atoms with E-state index in [4.69, 9.17) is 0 Å². The van der Waals surface area contributed by atoms with Gasteiger partial charge in [0.2, 0.25) is 0 Å². The van der Waals surface area contributed by atoms with Crippen molar-refractivity contribution in [3.8, 4) is 0 Å². The summed E-state index contributed by atoms with van der Waals surface area (Å²) in [6, 6.07) is 0. The van der Waals surface area contributed by atoms with Crippen molar-refractivity contribution < 1.29 is 5.11 Å². The molecule has 0 amide bonds. The van der Waals surface area contributed by atoms with Crippen LogP contribution >= 0.6 is 0 Å². The molecule has 13 heavy (non-hydrogen) atoms. The van der Waals surface area contributed by atoms with Gasteiger partial charge in [0.25, 0.3) is 0 Å². The van der Waals surface area contributed by atoms with Gasteiger partial charge in [-0.25, -0.2) is 0 Å². The summed E-state index contributed by atoms with van der Waals surface area (Å²) in [6.07, 6.45) is 6.53. The van der Waals surface area contributed by atoms with E-state index in [2.05, 4.69) is 20.4 Å². The first-order chi connectivity index (χ1) is 6.19.